The maximum absolute atomic E-state index is 12.3. The summed E-state index contributed by atoms with van der Waals surface area (Å²) in [6.45, 7) is 3.74. The van der Waals surface area contributed by atoms with Crippen LogP contribution in [0.5, 0.6) is 0 Å². The Hall–Kier alpha value is -2.07. The van der Waals surface area contributed by atoms with Crippen LogP contribution in [0.15, 0.2) is 51.4 Å². The van der Waals surface area contributed by atoms with Gasteiger partial charge in [0.25, 0.3) is 5.91 Å². The van der Waals surface area contributed by atoms with Crippen LogP contribution in [0.25, 0.3) is 10.6 Å². The summed E-state index contributed by atoms with van der Waals surface area (Å²) in [5.74, 6) is -0.290. The van der Waals surface area contributed by atoms with Gasteiger partial charge in [-0.25, -0.2) is 18.1 Å². The van der Waals surface area contributed by atoms with E-state index in [4.69, 9.17) is 0 Å². The van der Waals surface area contributed by atoms with Gasteiger partial charge in [0, 0.05) is 28.9 Å². The molecule has 0 aliphatic rings. The highest BCUT2D eigenvalue weighted by atomic mass is 32.2. The largest absolute Gasteiger partial charge is 0.347 e. The first-order valence-electron chi connectivity index (χ1n) is 8.23. The van der Waals surface area contributed by atoms with E-state index in [1.165, 1.54) is 17.4 Å². The number of thiazole rings is 1. The van der Waals surface area contributed by atoms with Crippen molar-refractivity contribution in [2.24, 2.45) is 0 Å². The van der Waals surface area contributed by atoms with Crippen LogP contribution in [0.1, 0.15) is 29.9 Å². The molecule has 9 heteroatoms. The number of aromatic nitrogens is 1. The number of hydrogen-bond acceptors (Lipinski definition) is 6. The molecular formula is C18H19N3O3S3. The number of sulfonamides is 1. The van der Waals surface area contributed by atoms with Crippen LogP contribution in [-0.4, -0.2) is 25.4 Å². The highest BCUT2D eigenvalue weighted by Crippen LogP contribution is 2.25. The zero-order chi connectivity index (χ0) is 19.4. The van der Waals surface area contributed by atoms with Crippen LogP contribution in [-0.2, 0) is 16.6 Å². The van der Waals surface area contributed by atoms with E-state index in [-0.39, 0.29) is 23.4 Å². The predicted molar refractivity (Wildman–Crippen MR) is 108 cm³/mol. The lowest BCUT2D eigenvalue weighted by Gasteiger charge is -2.11. The van der Waals surface area contributed by atoms with E-state index in [0.717, 1.165) is 10.6 Å². The molecule has 1 amide bonds. The summed E-state index contributed by atoms with van der Waals surface area (Å²) < 4.78 is 27.1. The molecule has 0 aliphatic heterocycles. The second kappa shape index (κ2) is 8.30. The molecule has 0 unspecified atom stereocenters. The van der Waals surface area contributed by atoms with E-state index in [2.05, 4.69) is 15.0 Å². The van der Waals surface area contributed by atoms with Crippen molar-refractivity contribution >= 4 is 38.6 Å². The monoisotopic (exact) mass is 421 g/mol. The third-order valence-electron chi connectivity index (χ3n) is 3.56. The summed E-state index contributed by atoms with van der Waals surface area (Å²) >= 11 is 2.99. The minimum Gasteiger partial charge on any atom is -0.347 e. The Bertz CT molecular complexity index is 1030. The molecule has 0 radical (unpaired) electrons. The van der Waals surface area contributed by atoms with Crippen molar-refractivity contribution in [1.82, 2.24) is 15.0 Å². The van der Waals surface area contributed by atoms with E-state index >= 15 is 0 Å². The summed E-state index contributed by atoms with van der Waals surface area (Å²) in [4.78, 5) is 16.9. The first-order chi connectivity index (χ1) is 12.8. The van der Waals surface area contributed by atoms with Gasteiger partial charge in [-0.3, -0.25) is 4.79 Å². The van der Waals surface area contributed by atoms with Crippen molar-refractivity contribution in [3.8, 4) is 10.6 Å². The third-order valence-corrected chi connectivity index (χ3v) is 6.79. The number of nitrogens with one attached hydrogen (secondary N) is 2. The Morgan fingerprint density at radius 1 is 1.22 bits per heavy atom. The minimum atomic E-state index is -3.57. The van der Waals surface area contributed by atoms with Crippen LogP contribution in [0.3, 0.4) is 0 Å². The first-order valence-corrected chi connectivity index (χ1v) is 11.5. The van der Waals surface area contributed by atoms with E-state index in [0.29, 0.717) is 11.3 Å². The number of hydrogen-bond donors (Lipinski definition) is 2. The smallest absolute Gasteiger partial charge is 0.271 e. The standard InChI is InChI=1S/C18H19N3O3S3/c1-12(2)21-27(23,24)15-5-3-4-13(8-15)9-19-17(22)16-11-26-18(20-16)14-6-7-25-10-14/h3-8,10-12,21H,9H2,1-2H3,(H,19,22). The molecule has 0 spiro atoms. The number of nitrogens with zero attached hydrogens (tertiary/aromatic N) is 1. The van der Waals surface area contributed by atoms with Crippen molar-refractivity contribution in [2.75, 3.05) is 0 Å². The van der Waals surface area contributed by atoms with Crippen LogP contribution in [0, 0.1) is 0 Å². The molecule has 2 heterocycles. The number of carbonyl (C=O) groups excluding carboxylic acids is 1. The van der Waals surface area contributed by atoms with Crippen molar-refractivity contribution in [3.63, 3.8) is 0 Å². The highest BCUT2D eigenvalue weighted by Gasteiger charge is 2.16. The van der Waals surface area contributed by atoms with Crippen molar-refractivity contribution in [1.29, 1.82) is 0 Å². The van der Waals surface area contributed by atoms with Gasteiger partial charge in [0.15, 0.2) is 0 Å². The highest BCUT2D eigenvalue weighted by molar-refractivity contribution is 7.89. The lowest BCUT2D eigenvalue weighted by molar-refractivity contribution is 0.0946. The molecule has 27 heavy (non-hydrogen) atoms. The molecule has 0 saturated heterocycles. The number of amides is 1. The Morgan fingerprint density at radius 3 is 2.74 bits per heavy atom. The van der Waals surface area contributed by atoms with E-state index < -0.39 is 10.0 Å². The SMILES string of the molecule is CC(C)NS(=O)(=O)c1cccc(CNC(=O)c2csc(-c3ccsc3)n2)c1. The first kappa shape index (κ1) is 19.7. The fraction of sp³-hybridized carbons (Fsp3) is 0.222. The van der Waals surface area contributed by atoms with Gasteiger partial charge in [0.05, 0.1) is 4.90 Å². The Morgan fingerprint density at radius 2 is 2.04 bits per heavy atom. The molecule has 3 rings (SSSR count). The fourth-order valence-corrected chi connectivity index (χ4v) is 5.20. The quantitative estimate of drug-likeness (QED) is 0.611. The molecule has 3 aromatic rings. The lowest BCUT2D eigenvalue weighted by atomic mass is 10.2. The molecule has 6 nitrogen and oxygen atoms in total. The molecule has 0 saturated carbocycles. The van der Waals surface area contributed by atoms with Crippen molar-refractivity contribution < 1.29 is 13.2 Å². The maximum atomic E-state index is 12.3. The fourth-order valence-electron chi connectivity index (χ4n) is 2.37. The van der Waals surface area contributed by atoms with Crippen molar-refractivity contribution in [3.05, 3.63) is 57.7 Å². The van der Waals surface area contributed by atoms with Gasteiger partial charge in [-0.1, -0.05) is 12.1 Å². The van der Waals surface area contributed by atoms with Crippen LogP contribution < -0.4 is 10.0 Å². The minimum absolute atomic E-state index is 0.177. The molecule has 0 aliphatic carbocycles. The Balaban J connectivity index is 1.67. The summed E-state index contributed by atoms with van der Waals surface area (Å²) in [7, 11) is -3.57. The topological polar surface area (TPSA) is 88.2 Å². The molecule has 1 aromatic carbocycles. The third kappa shape index (κ3) is 5.01. The van der Waals surface area contributed by atoms with Gasteiger partial charge in [-0.2, -0.15) is 11.3 Å². The van der Waals surface area contributed by atoms with Gasteiger partial charge in [0.2, 0.25) is 10.0 Å². The van der Waals surface area contributed by atoms with E-state index in [1.807, 2.05) is 16.8 Å². The van der Waals surface area contributed by atoms with Crippen LogP contribution >= 0.6 is 22.7 Å². The summed E-state index contributed by atoms with van der Waals surface area (Å²) in [6, 6.07) is 8.29. The van der Waals surface area contributed by atoms with Gasteiger partial charge in [-0.05, 0) is 43.0 Å². The molecule has 2 aromatic heterocycles. The molecule has 0 fully saturated rings. The summed E-state index contributed by atoms with van der Waals surface area (Å²) in [5, 5.41) is 9.25. The number of thiophene rings is 1. The lowest BCUT2D eigenvalue weighted by Crippen LogP contribution is -2.30. The summed E-state index contributed by atoms with van der Waals surface area (Å²) in [5.41, 5.74) is 2.05. The number of benzene rings is 1. The van der Waals surface area contributed by atoms with Crippen molar-refractivity contribution in [2.45, 2.75) is 31.3 Å². The van der Waals surface area contributed by atoms with Gasteiger partial charge in [-0.15, -0.1) is 11.3 Å². The summed E-state index contributed by atoms with van der Waals surface area (Å²) in [6.07, 6.45) is 0. The predicted octanol–water partition coefficient (Wildman–Crippen LogP) is 3.49. The van der Waals surface area contributed by atoms with Gasteiger partial charge >= 0.3 is 0 Å². The van der Waals surface area contributed by atoms with Crippen LogP contribution in [0.4, 0.5) is 0 Å². The molecule has 0 atom stereocenters. The van der Waals surface area contributed by atoms with Gasteiger partial charge in [0.1, 0.15) is 10.7 Å². The zero-order valence-corrected chi connectivity index (χ0v) is 17.2. The normalized spacial score (nSPS) is 11.7. The second-order valence-corrected chi connectivity index (χ2v) is 9.51. The van der Waals surface area contributed by atoms with Crippen LogP contribution in [0.2, 0.25) is 0 Å². The molecule has 2 N–H and O–H groups in total. The molecule has 0 bridgehead atoms. The number of rotatable bonds is 7. The average Bonchev–Trinajstić information content (AvgIpc) is 3.30. The second-order valence-electron chi connectivity index (χ2n) is 6.16. The van der Waals surface area contributed by atoms with Gasteiger partial charge < -0.3 is 5.32 Å². The molecular weight excluding hydrogens is 402 g/mol. The Kier molecular flexibility index (Phi) is 6.05. The Labute approximate surface area is 166 Å². The van der Waals surface area contributed by atoms with E-state index in [9.17, 15) is 13.2 Å². The zero-order valence-electron chi connectivity index (χ0n) is 14.8. The van der Waals surface area contributed by atoms with E-state index in [1.54, 1.807) is 48.8 Å². The average molecular weight is 422 g/mol. The maximum Gasteiger partial charge on any atom is 0.271 e. The number of carbonyl (C=O) groups is 1. The molecule has 142 valence electrons.